The van der Waals surface area contributed by atoms with Crippen LogP contribution in [0.4, 0.5) is 0 Å². The maximum Gasteiger partial charge on any atom is 0.309 e. The van der Waals surface area contributed by atoms with Gasteiger partial charge in [0, 0.05) is 38.8 Å². The normalized spacial score (nSPS) is 20.2. The van der Waals surface area contributed by atoms with Gasteiger partial charge in [0.25, 0.3) is 0 Å². The summed E-state index contributed by atoms with van der Waals surface area (Å²) >= 11 is 0. The Kier molecular flexibility index (Phi) is 8.51. The van der Waals surface area contributed by atoms with Crippen molar-refractivity contribution in [2.24, 2.45) is 0 Å². The number of benzene rings is 1. The second kappa shape index (κ2) is 11.3. The average molecular weight is 417 g/mol. The van der Waals surface area contributed by atoms with Gasteiger partial charge in [-0.2, -0.15) is 0 Å². The molecule has 2 fully saturated rings. The number of methoxy groups -OCH3 is 1. The third-order valence-corrected chi connectivity index (χ3v) is 6.33. The van der Waals surface area contributed by atoms with Crippen molar-refractivity contribution in [3.8, 4) is 5.75 Å². The van der Waals surface area contributed by atoms with E-state index in [1.54, 1.807) is 7.11 Å². The lowest BCUT2D eigenvalue weighted by atomic mass is 10.0. The van der Waals surface area contributed by atoms with Gasteiger partial charge in [-0.3, -0.25) is 14.5 Å². The highest BCUT2D eigenvalue weighted by atomic mass is 16.5. The Morgan fingerprint density at radius 1 is 1.00 bits per heavy atom. The van der Waals surface area contributed by atoms with Crippen molar-refractivity contribution >= 4 is 11.8 Å². The van der Waals surface area contributed by atoms with Gasteiger partial charge in [0.15, 0.2) is 0 Å². The predicted molar refractivity (Wildman–Crippen MR) is 117 cm³/mol. The number of nitrogens with zero attached hydrogens (tertiary/aromatic N) is 2. The van der Waals surface area contributed by atoms with E-state index in [0.29, 0.717) is 6.54 Å². The Bertz CT molecular complexity index is 678. The van der Waals surface area contributed by atoms with Gasteiger partial charge >= 0.3 is 11.8 Å². The van der Waals surface area contributed by atoms with Gasteiger partial charge in [-0.1, -0.05) is 37.8 Å². The lowest BCUT2D eigenvalue weighted by Crippen LogP contribution is -2.50. The summed E-state index contributed by atoms with van der Waals surface area (Å²) < 4.78 is 5.28. The molecule has 1 aliphatic heterocycles. The van der Waals surface area contributed by atoms with Crippen molar-refractivity contribution in [2.75, 3.05) is 46.9 Å². The zero-order valence-corrected chi connectivity index (χ0v) is 18.4. The van der Waals surface area contributed by atoms with Crippen molar-refractivity contribution in [3.63, 3.8) is 0 Å². The Hall–Kier alpha value is -2.12. The number of amides is 2. The number of nitrogens with one attached hydrogen (secondary N) is 2. The summed E-state index contributed by atoms with van der Waals surface area (Å²) in [4.78, 5) is 29.6. The molecule has 0 aromatic heterocycles. The fourth-order valence-corrected chi connectivity index (χ4v) is 4.36. The molecule has 0 radical (unpaired) electrons. The van der Waals surface area contributed by atoms with E-state index in [4.69, 9.17) is 4.74 Å². The van der Waals surface area contributed by atoms with Crippen LogP contribution >= 0.6 is 0 Å². The van der Waals surface area contributed by atoms with Crippen LogP contribution in [0.1, 0.15) is 50.1 Å². The van der Waals surface area contributed by atoms with Gasteiger partial charge in [0.1, 0.15) is 5.75 Å². The standard InChI is InChI=1S/C23H36N4O3/c1-26-13-15-27(16-14-26)21(18-9-11-20(30-2)12-10-18)17-24-22(28)23(29)25-19-7-5-3-4-6-8-19/h9-12,19,21H,3-8,13-17H2,1-2H3,(H,24,28)(H,25,29)/t21-/m1/s1. The number of hydrogen-bond acceptors (Lipinski definition) is 5. The molecular weight excluding hydrogens is 380 g/mol. The molecule has 1 saturated heterocycles. The van der Waals surface area contributed by atoms with E-state index < -0.39 is 11.8 Å². The maximum atomic E-state index is 12.5. The van der Waals surface area contributed by atoms with Crippen LogP contribution in [-0.2, 0) is 9.59 Å². The third-order valence-electron chi connectivity index (χ3n) is 6.33. The molecule has 166 valence electrons. The first-order chi connectivity index (χ1) is 14.6. The van der Waals surface area contributed by atoms with Crippen molar-refractivity contribution in [1.82, 2.24) is 20.4 Å². The van der Waals surface area contributed by atoms with Gasteiger partial charge < -0.3 is 20.3 Å². The largest absolute Gasteiger partial charge is 0.497 e. The van der Waals surface area contributed by atoms with Gasteiger partial charge in [0.2, 0.25) is 0 Å². The van der Waals surface area contributed by atoms with Crippen LogP contribution in [0.25, 0.3) is 0 Å². The highest BCUT2D eigenvalue weighted by Gasteiger charge is 2.26. The molecule has 0 unspecified atom stereocenters. The average Bonchev–Trinajstić information content (AvgIpc) is 3.04. The predicted octanol–water partition coefficient (Wildman–Crippen LogP) is 1.94. The zero-order chi connectivity index (χ0) is 21.3. The fourth-order valence-electron chi connectivity index (χ4n) is 4.36. The van der Waals surface area contributed by atoms with E-state index in [2.05, 4.69) is 27.5 Å². The SMILES string of the molecule is COc1ccc([C@@H](CNC(=O)C(=O)NC2CCCCCC2)N2CCN(C)CC2)cc1. The van der Waals surface area contributed by atoms with Gasteiger partial charge in [-0.25, -0.2) is 0 Å². The maximum absolute atomic E-state index is 12.5. The summed E-state index contributed by atoms with van der Waals surface area (Å²) in [5.41, 5.74) is 1.12. The lowest BCUT2D eigenvalue weighted by molar-refractivity contribution is -0.139. The first-order valence-corrected chi connectivity index (χ1v) is 11.2. The van der Waals surface area contributed by atoms with Crippen LogP contribution in [0.2, 0.25) is 0 Å². The molecule has 1 aromatic rings. The number of likely N-dealkylation sites (N-methyl/N-ethyl adjacent to an activating group) is 1. The minimum atomic E-state index is -0.535. The Balaban J connectivity index is 1.60. The number of carbonyl (C=O) groups is 2. The van der Waals surface area contributed by atoms with E-state index in [1.807, 2.05) is 24.3 Å². The second-order valence-electron chi connectivity index (χ2n) is 8.50. The van der Waals surface area contributed by atoms with Crippen molar-refractivity contribution in [3.05, 3.63) is 29.8 Å². The van der Waals surface area contributed by atoms with Crippen molar-refractivity contribution in [2.45, 2.75) is 50.6 Å². The summed E-state index contributed by atoms with van der Waals surface area (Å²) in [5, 5.41) is 5.82. The second-order valence-corrected chi connectivity index (χ2v) is 8.50. The van der Waals surface area contributed by atoms with E-state index >= 15 is 0 Å². The molecule has 0 spiro atoms. The van der Waals surface area contributed by atoms with Crippen LogP contribution in [-0.4, -0.2) is 74.5 Å². The molecule has 7 nitrogen and oxygen atoms in total. The Labute approximate surface area is 180 Å². The first kappa shape index (κ1) is 22.6. The number of rotatable bonds is 6. The number of piperazine rings is 1. The van der Waals surface area contributed by atoms with Crippen LogP contribution in [0, 0.1) is 0 Å². The Morgan fingerprint density at radius 3 is 2.23 bits per heavy atom. The van der Waals surface area contributed by atoms with E-state index in [-0.39, 0.29) is 12.1 Å². The van der Waals surface area contributed by atoms with Crippen LogP contribution < -0.4 is 15.4 Å². The van der Waals surface area contributed by atoms with Crippen molar-refractivity contribution < 1.29 is 14.3 Å². The number of ether oxygens (including phenoxy) is 1. The molecule has 30 heavy (non-hydrogen) atoms. The fraction of sp³-hybridized carbons (Fsp3) is 0.652. The zero-order valence-electron chi connectivity index (χ0n) is 18.4. The Morgan fingerprint density at radius 2 is 1.63 bits per heavy atom. The molecule has 7 heteroatoms. The quantitative estimate of drug-likeness (QED) is 0.548. The lowest BCUT2D eigenvalue weighted by Gasteiger charge is -2.38. The van der Waals surface area contributed by atoms with Gasteiger partial charge in [-0.05, 0) is 37.6 Å². The molecule has 1 aliphatic carbocycles. The minimum Gasteiger partial charge on any atom is -0.497 e. The molecule has 2 amide bonds. The van der Waals surface area contributed by atoms with E-state index in [0.717, 1.165) is 63.2 Å². The summed E-state index contributed by atoms with van der Waals surface area (Å²) in [6.07, 6.45) is 6.61. The molecule has 2 aliphatic rings. The highest BCUT2D eigenvalue weighted by Crippen LogP contribution is 2.24. The summed E-state index contributed by atoms with van der Waals surface area (Å²) in [6, 6.07) is 8.12. The van der Waals surface area contributed by atoms with Crippen LogP contribution in [0.5, 0.6) is 5.75 Å². The first-order valence-electron chi connectivity index (χ1n) is 11.2. The third kappa shape index (κ3) is 6.44. The van der Waals surface area contributed by atoms with Gasteiger partial charge in [-0.15, -0.1) is 0 Å². The molecular formula is C23H36N4O3. The summed E-state index contributed by atoms with van der Waals surface area (Å²) in [7, 11) is 3.78. The van der Waals surface area contributed by atoms with Crippen LogP contribution in [0.3, 0.4) is 0 Å². The molecule has 1 atom stereocenters. The number of carbonyl (C=O) groups excluding carboxylic acids is 2. The topological polar surface area (TPSA) is 73.9 Å². The molecule has 0 bridgehead atoms. The summed E-state index contributed by atoms with van der Waals surface area (Å²) in [5.74, 6) is -0.233. The minimum absolute atomic E-state index is 0.0271. The molecule has 2 N–H and O–H groups in total. The van der Waals surface area contributed by atoms with Crippen molar-refractivity contribution in [1.29, 1.82) is 0 Å². The van der Waals surface area contributed by atoms with Crippen LogP contribution in [0.15, 0.2) is 24.3 Å². The summed E-state index contributed by atoms with van der Waals surface area (Å²) in [6.45, 7) is 4.24. The highest BCUT2D eigenvalue weighted by molar-refractivity contribution is 6.35. The van der Waals surface area contributed by atoms with E-state index in [9.17, 15) is 9.59 Å². The molecule has 1 heterocycles. The smallest absolute Gasteiger partial charge is 0.309 e. The molecule has 3 rings (SSSR count). The molecule has 1 saturated carbocycles. The van der Waals surface area contributed by atoms with Gasteiger partial charge in [0.05, 0.1) is 13.2 Å². The molecule has 1 aromatic carbocycles. The van der Waals surface area contributed by atoms with E-state index in [1.165, 1.54) is 12.8 Å². The monoisotopic (exact) mass is 416 g/mol. The number of hydrogen-bond donors (Lipinski definition) is 2.